The fourth-order valence-electron chi connectivity index (χ4n) is 1.77. The third-order valence-electron chi connectivity index (χ3n) is 2.47. The van der Waals surface area contributed by atoms with Crippen LogP contribution in [0.3, 0.4) is 0 Å². The van der Waals surface area contributed by atoms with Gasteiger partial charge in [-0.3, -0.25) is 5.10 Å². The molecule has 0 spiro atoms. The number of hydrogen-bond acceptors (Lipinski definition) is 2. The second kappa shape index (κ2) is 3.61. The van der Waals surface area contributed by atoms with Crippen LogP contribution in [-0.2, 0) is 10.8 Å². The highest BCUT2D eigenvalue weighted by Gasteiger charge is 2.32. The number of aromatic nitrogens is 2. The van der Waals surface area contributed by atoms with E-state index in [2.05, 4.69) is 10.2 Å². The van der Waals surface area contributed by atoms with E-state index in [0.717, 1.165) is 11.3 Å². The monoisotopic (exact) mass is 224 g/mol. The molecule has 0 saturated heterocycles. The molecule has 4 nitrogen and oxygen atoms in total. The Bertz CT molecular complexity index is 406. The minimum absolute atomic E-state index is 0.136. The van der Waals surface area contributed by atoms with Crippen LogP contribution in [0.25, 0.3) is 0 Å². The van der Waals surface area contributed by atoms with Crippen LogP contribution in [0.2, 0.25) is 0 Å². The van der Waals surface area contributed by atoms with E-state index in [1.807, 2.05) is 41.5 Å². The molecule has 0 aliphatic heterocycles. The van der Waals surface area contributed by atoms with Crippen LogP contribution >= 0.6 is 0 Å². The SMILES string of the molecule is CC(C)(C)c1[nH]nc(C(=O)O)c1C(C)(C)C. The zero-order chi connectivity index (χ0) is 12.7. The average Bonchev–Trinajstić information content (AvgIpc) is 2.43. The van der Waals surface area contributed by atoms with Crippen molar-refractivity contribution in [2.45, 2.75) is 52.4 Å². The fraction of sp³-hybridized carbons (Fsp3) is 0.667. The molecular weight excluding hydrogens is 204 g/mol. The lowest BCUT2D eigenvalue weighted by molar-refractivity contribution is 0.0687. The first-order valence-corrected chi connectivity index (χ1v) is 5.37. The number of aromatic carboxylic acids is 1. The van der Waals surface area contributed by atoms with E-state index in [9.17, 15) is 4.79 Å². The summed E-state index contributed by atoms with van der Waals surface area (Å²) in [6, 6.07) is 0. The zero-order valence-electron chi connectivity index (χ0n) is 10.8. The third-order valence-corrected chi connectivity index (χ3v) is 2.47. The van der Waals surface area contributed by atoms with Crippen molar-refractivity contribution in [2.75, 3.05) is 0 Å². The second-order valence-electron chi connectivity index (χ2n) is 6.13. The summed E-state index contributed by atoms with van der Waals surface area (Å²) in [6.07, 6.45) is 0. The molecule has 1 aromatic heterocycles. The molecule has 0 amide bonds. The van der Waals surface area contributed by atoms with Gasteiger partial charge in [-0.1, -0.05) is 41.5 Å². The number of H-pyrrole nitrogens is 1. The Hall–Kier alpha value is -1.32. The van der Waals surface area contributed by atoms with Crippen LogP contribution in [0.5, 0.6) is 0 Å². The molecule has 16 heavy (non-hydrogen) atoms. The van der Waals surface area contributed by atoms with Crippen molar-refractivity contribution < 1.29 is 9.90 Å². The summed E-state index contributed by atoms with van der Waals surface area (Å²) in [6.45, 7) is 12.1. The van der Waals surface area contributed by atoms with Crippen LogP contribution in [0.1, 0.15) is 63.3 Å². The van der Waals surface area contributed by atoms with Gasteiger partial charge >= 0.3 is 5.97 Å². The molecule has 0 atom stereocenters. The molecule has 0 saturated carbocycles. The Morgan fingerprint density at radius 2 is 1.62 bits per heavy atom. The Balaban J connectivity index is 3.50. The molecule has 0 unspecified atom stereocenters. The third kappa shape index (κ3) is 2.26. The van der Waals surface area contributed by atoms with Crippen molar-refractivity contribution in [3.63, 3.8) is 0 Å². The lowest BCUT2D eigenvalue weighted by Gasteiger charge is -2.26. The van der Waals surface area contributed by atoms with E-state index in [1.54, 1.807) is 0 Å². The van der Waals surface area contributed by atoms with Crippen molar-refractivity contribution >= 4 is 5.97 Å². The van der Waals surface area contributed by atoms with E-state index in [4.69, 9.17) is 5.11 Å². The molecule has 1 rings (SSSR count). The molecule has 0 bridgehead atoms. The maximum Gasteiger partial charge on any atom is 0.356 e. The van der Waals surface area contributed by atoms with Gasteiger partial charge in [0.15, 0.2) is 5.69 Å². The second-order valence-corrected chi connectivity index (χ2v) is 6.13. The van der Waals surface area contributed by atoms with Crippen LogP contribution in [0.15, 0.2) is 0 Å². The number of aromatic amines is 1. The van der Waals surface area contributed by atoms with Gasteiger partial charge in [-0.15, -0.1) is 0 Å². The largest absolute Gasteiger partial charge is 0.476 e. The summed E-state index contributed by atoms with van der Waals surface area (Å²) >= 11 is 0. The summed E-state index contributed by atoms with van der Waals surface area (Å²) in [4.78, 5) is 11.1. The smallest absolute Gasteiger partial charge is 0.356 e. The Kier molecular flexibility index (Phi) is 2.88. The number of nitrogens with one attached hydrogen (secondary N) is 1. The van der Waals surface area contributed by atoms with Crippen molar-refractivity contribution in [1.29, 1.82) is 0 Å². The van der Waals surface area contributed by atoms with Crippen LogP contribution < -0.4 is 0 Å². The zero-order valence-corrected chi connectivity index (χ0v) is 10.8. The number of hydrogen-bond donors (Lipinski definition) is 2. The van der Waals surface area contributed by atoms with Crippen LogP contribution in [-0.4, -0.2) is 21.3 Å². The normalized spacial score (nSPS) is 12.9. The van der Waals surface area contributed by atoms with E-state index in [-0.39, 0.29) is 16.5 Å². The maximum absolute atomic E-state index is 11.1. The first-order chi connectivity index (χ1) is 7.05. The van der Waals surface area contributed by atoms with Gasteiger partial charge in [-0.05, 0) is 5.41 Å². The Morgan fingerprint density at radius 1 is 1.12 bits per heavy atom. The standard InChI is InChI=1S/C12H20N2O2/c1-11(2,3)7-8(10(15)16)13-14-9(7)12(4,5)6/h1-6H3,(H,13,14)(H,15,16). The molecule has 0 fully saturated rings. The summed E-state index contributed by atoms with van der Waals surface area (Å²) in [7, 11) is 0. The van der Waals surface area contributed by atoms with Gasteiger partial charge in [0.25, 0.3) is 0 Å². The van der Waals surface area contributed by atoms with E-state index >= 15 is 0 Å². The van der Waals surface area contributed by atoms with Crippen LogP contribution in [0, 0.1) is 0 Å². The molecule has 1 aromatic rings. The van der Waals surface area contributed by atoms with Gasteiger partial charge in [0.1, 0.15) is 0 Å². The molecule has 4 heteroatoms. The molecule has 2 N–H and O–H groups in total. The van der Waals surface area contributed by atoms with E-state index < -0.39 is 5.97 Å². The van der Waals surface area contributed by atoms with Crippen molar-refractivity contribution in [3.8, 4) is 0 Å². The predicted octanol–water partition coefficient (Wildman–Crippen LogP) is 2.70. The average molecular weight is 224 g/mol. The summed E-state index contributed by atoms with van der Waals surface area (Å²) < 4.78 is 0. The molecule has 0 aromatic carbocycles. The first-order valence-electron chi connectivity index (χ1n) is 5.37. The maximum atomic E-state index is 11.1. The molecule has 0 radical (unpaired) electrons. The highest BCUT2D eigenvalue weighted by molar-refractivity contribution is 5.88. The first kappa shape index (κ1) is 12.7. The Labute approximate surface area is 96.1 Å². The number of carbonyl (C=O) groups is 1. The van der Waals surface area contributed by atoms with Gasteiger partial charge in [-0.2, -0.15) is 5.10 Å². The van der Waals surface area contributed by atoms with Gasteiger partial charge in [0.05, 0.1) is 0 Å². The van der Waals surface area contributed by atoms with Gasteiger partial charge in [0.2, 0.25) is 0 Å². The molecule has 1 heterocycles. The fourth-order valence-corrected chi connectivity index (χ4v) is 1.77. The number of carboxylic acid groups (broad SMARTS) is 1. The minimum Gasteiger partial charge on any atom is -0.476 e. The summed E-state index contributed by atoms with van der Waals surface area (Å²) in [5, 5.41) is 15.9. The molecular formula is C12H20N2O2. The lowest BCUT2D eigenvalue weighted by atomic mass is 9.78. The topological polar surface area (TPSA) is 66.0 Å². The van der Waals surface area contributed by atoms with Crippen molar-refractivity contribution in [2.24, 2.45) is 0 Å². The number of carboxylic acids is 1. The quantitative estimate of drug-likeness (QED) is 0.770. The van der Waals surface area contributed by atoms with Gasteiger partial charge in [-0.25, -0.2) is 4.79 Å². The van der Waals surface area contributed by atoms with Crippen molar-refractivity contribution in [1.82, 2.24) is 10.2 Å². The highest BCUT2D eigenvalue weighted by Crippen LogP contribution is 2.34. The number of nitrogens with zero attached hydrogens (tertiary/aromatic N) is 1. The van der Waals surface area contributed by atoms with Gasteiger partial charge in [0, 0.05) is 16.7 Å². The van der Waals surface area contributed by atoms with Gasteiger partial charge < -0.3 is 5.11 Å². The Morgan fingerprint density at radius 3 is 1.94 bits per heavy atom. The lowest BCUT2D eigenvalue weighted by Crippen LogP contribution is -2.23. The molecule has 0 aliphatic carbocycles. The highest BCUT2D eigenvalue weighted by atomic mass is 16.4. The van der Waals surface area contributed by atoms with E-state index in [1.165, 1.54) is 0 Å². The van der Waals surface area contributed by atoms with E-state index in [0.29, 0.717) is 0 Å². The molecule has 90 valence electrons. The van der Waals surface area contributed by atoms with Crippen LogP contribution in [0.4, 0.5) is 0 Å². The summed E-state index contributed by atoms with van der Waals surface area (Å²) in [5.74, 6) is -0.975. The molecule has 0 aliphatic rings. The minimum atomic E-state index is -0.975. The van der Waals surface area contributed by atoms with Crippen molar-refractivity contribution in [3.05, 3.63) is 17.0 Å². The predicted molar refractivity (Wildman–Crippen MR) is 62.9 cm³/mol. The summed E-state index contributed by atoms with van der Waals surface area (Å²) in [5.41, 5.74) is 1.47. The number of rotatable bonds is 1.